The fraction of sp³-hybridized carbons (Fsp3) is 0.0909. The van der Waals surface area contributed by atoms with E-state index in [0.717, 1.165) is 4.57 Å². The molecule has 2 heterocycles. The summed E-state index contributed by atoms with van der Waals surface area (Å²) in [7, 11) is 1.61. The summed E-state index contributed by atoms with van der Waals surface area (Å²) in [4.78, 5) is 52.7. The zero-order chi connectivity index (χ0) is 23.0. The summed E-state index contributed by atoms with van der Waals surface area (Å²) >= 11 is 5.90. The van der Waals surface area contributed by atoms with E-state index in [4.69, 9.17) is 11.6 Å². The summed E-state index contributed by atoms with van der Waals surface area (Å²) in [5.41, 5.74) is 0.481. The molecular formula is C22H18ClN5O4. The number of amides is 2. The maximum Gasteiger partial charge on any atom is 0.333 e. The summed E-state index contributed by atoms with van der Waals surface area (Å²) in [5, 5.41) is 5.83. The van der Waals surface area contributed by atoms with Crippen molar-refractivity contribution in [1.82, 2.24) is 14.1 Å². The Kier molecular flexibility index (Phi) is 5.41. The maximum atomic E-state index is 13.1. The molecule has 162 valence electrons. The Labute approximate surface area is 186 Å². The number of halogens is 1. The fourth-order valence-electron chi connectivity index (χ4n) is 3.45. The molecule has 2 aromatic carbocycles. The summed E-state index contributed by atoms with van der Waals surface area (Å²) in [6, 6.07) is 12.9. The number of hydrogen-bond donors (Lipinski definition) is 3. The van der Waals surface area contributed by atoms with Gasteiger partial charge in [-0.2, -0.15) is 0 Å². The summed E-state index contributed by atoms with van der Waals surface area (Å²) in [6.07, 6.45) is 1.47. The van der Waals surface area contributed by atoms with Crippen LogP contribution in [0.15, 0.2) is 64.3 Å². The van der Waals surface area contributed by atoms with E-state index in [1.165, 1.54) is 17.7 Å². The first-order valence-corrected chi connectivity index (χ1v) is 9.91. The predicted molar refractivity (Wildman–Crippen MR) is 123 cm³/mol. The van der Waals surface area contributed by atoms with Crippen LogP contribution in [0.4, 0.5) is 11.4 Å². The predicted octanol–water partition coefficient (Wildman–Crippen LogP) is 2.88. The van der Waals surface area contributed by atoms with E-state index in [-0.39, 0.29) is 22.5 Å². The number of aromatic amines is 1. The molecule has 0 radical (unpaired) electrons. The fourth-order valence-corrected chi connectivity index (χ4v) is 3.57. The minimum Gasteiger partial charge on any atom is -0.344 e. The van der Waals surface area contributed by atoms with Crippen molar-refractivity contribution in [2.45, 2.75) is 6.92 Å². The van der Waals surface area contributed by atoms with Gasteiger partial charge in [0.2, 0.25) is 5.91 Å². The summed E-state index contributed by atoms with van der Waals surface area (Å²) < 4.78 is 2.47. The Hall–Kier alpha value is -4.11. The van der Waals surface area contributed by atoms with Gasteiger partial charge in [-0.25, -0.2) is 9.36 Å². The average molecular weight is 452 g/mol. The first-order chi connectivity index (χ1) is 15.2. The first-order valence-electron chi connectivity index (χ1n) is 9.54. The van der Waals surface area contributed by atoms with Crippen LogP contribution < -0.4 is 21.9 Å². The monoisotopic (exact) mass is 451 g/mol. The van der Waals surface area contributed by atoms with Crippen molar-refractivity contribution in [2.75, 3.05) is 10.6 Å². The van der Waals surface area contributed by atoms with Crippen LogP contribution in [0.2, 0.25) is 5.02 Å². The van der Waals surface area contributed by atoms with Crippen molar-refractivity contribution in [1.29, 1.82) is 0 Å². The molecule has 0 bridgehead atoms. The molecular weight excluding hydrogens is 434 g/mol. The quantitative estimate of drug-likeness (QED) is 0.442. The number of anilines is 2. The SMILES string of the molecule is CC(=O)Nc1cccc(NC(=O)c2cn(C)c3c(=O)n(-c4ccc(Cl)cc4)c(=O)[nH]c23)c1. The molecule has 10 heteroatoms. The van der Waals surface area contributed by atoms with Crippen LogP contribution in [0, 0.1) is 0 Å². The van der Waals surface area contributed by atoms with Crippen molar-refractivity contribution in [3.05, 3.63) is 86.2 Å². The smallest absolute Gasteiger partial charge is 0.333 e. The molecule has 0 spiro atoms. The molecule has 2 amide bonds. The Morgan fingerprint density at radius 2 is 1.66 bits per heavy atom. The Bertz CT molecular complexity index is 1480. The lowest BCUT2D eigenvalue weighted by Crippen LogP contribution is -2.34. The maximum absolute atomic E-state index is 13.1. The lowest BCUT2D eigenvalue weighted by atomic mass is 10.2. The van der Waals surface area contributed by atoms with Gasteiger partial charge in [0.1, 0.15) is 5.52 Å². The molecule has 0 fully saturated rings. The van der Waals surface area contributed by atoms with Gasteiger partial charge in [-0.1, -0.05) is 17.7 Å². The van der Waals surface area contributed by atoms with Crippen LogP contribution in [0.3, 0.4) is 0 Å². The molecule has 0 aliphatic heterocycles. The number of carbonyl (C=O) groups is 2. The third-order valence-electron chi connectivity index (χ3n) is 4.79. The third-order valence-corrected chi connectivity index (χ3v) is 5.04. The third kappa shape index (κ3) is 3.93. The molecule has 0 saturated heterocycles. The molecule has 2 aromatic heterocycles. The number of rotatable bonds is 4. The summed E-state index contributed by atoms with van der Waals surface area (Å²) in [5.74, 6) is -0.757. The standard InChI is InChI=1S/C22H18ClN5O4/c1-12(29)24-14-4-3-5-15(10-14)25-20(30)17-11-27(2)19-18(17)26-22(32)28(21(19)31)16-8-6-13(23)7-9-16/h3-11H,1-2H3,(H,24,29)(H,25,30)(H,26,32). The van der Waals surface area contributed by atoms with E-state index in [0.29, 0.717) is 22.1 Å². The van der Waals surface area contributed by atoms with Crippen molar-refractivity contribution >= 4 is 45.8 Å². The second-order valence-electron chi connectivity index (χ2n) is 7.14. The van der Waals surface area contributed by atoms with Crippen LogP contribution >= 0.6 is 11.6 Å². The number of fused-ring (bicyclic) bond motifs is 1. The van der Waals surface area contributed by atoms with Gasteiger partial charge in [0, 0.05) is 36.6 Å². The molecule has 32 heavy (non-hydrogen) atoms. The molecule has 4 rings (SSSR count). The Morgan fingerprint density at radius 3 is 2.31 bits per heavy atom. The van der Waals surface area contributed by atoms with E-state index in [9.17, 15) is 19.2 Å². The van der Waals surface area contributed by atoms with E-state index < -0.39 is 17.2 Å². The van der Waals surface area contributed by atoms with Crippen LogP contribution in [-0.2, 0) is 11.8 Å². The van der Waals surface area contributed by atoms with Crippen molar-refractivity contribution in [3.8, 4) is 5.69 Å². The number of hydrogen-bond acceptors (Lipinski definition) is 4. The second-order valence-corrected chi connectivity index (χ2v) is 7.58. The van der Waals surface area contributed by atoms with E-state index in [1.54, 1.807) is 55.6 Å². The minimum atomic E-state index is -0.683. The van der Waals surface area contributed by atoms with Crippen LogP contribution in [0.25, 0.3) is 16.7 Å². The molecule has 0 saturated carbocycles. The van der Waals surface area contributed by atoms with Gasteiger partial charge in [-0.3, -0.25) is 14.4 Å². The number of H-pyrrole nitrogens is 1. The highest BCUT2D eigenvalue weighted by atomic mass is 35.5. The molecule has 0 unspecified atom stereocenters. The minimum absolute atomic E-state index is 0.128. The highest BCUT2D eigenvalue weighted by Crippen LogP contribution is 2.20. The average Bonchev–Trinajstić information content (AvgIpc) is 3.05. The number of aromatic nitrogens is 3. The van der Waals surface area contributed by atoms with Crippen LogP contribution in [-0.4, -0.2) is 25.9 Å². The van der Waals surface area contributed by atoms with Crippen LogP contribution in [0.1, 0.15) is 17.3 Å². The molecule has 3 N–H and O–H groups in total. The Morgan fingerprint density at radius 1 is 1.00 bits per heavy atom. The van der Waals surface area contributed by atoms with E-state index in [2.05, 4.69) is 15.6 Å². The van der Waals surface area contributed by atoms with Gasteiger partial charge in [-0.05, 0) is 42.5 Å². The number of benzene rings is 2. The lowest BCUT2D eigenvalue weighted by Gasteiger charge is -2.08. The van der Waals surface area contributed by atoms with Gasteiger partial charge < -0.3 is 20.2 Å². The zero-order valence-electron chi connectivity index (χ0n) is 17.1. The van der Waals surface area contributed by atoms with E-state index >= 15 is 0 Å². The van der Waals surface area contributed by atoms with Crippen molar-refractivity contribution in [2.24, 2.45) is 7.05 Å². The second kappa shape index (κ2) is 8.20. The highest BCUT2D eigenvalue weighted by Gasteiger charge is 2.20. The highest BCUT2D eigenvalue weighted by molar-refractivity contribution is 6.30. The number of carbonyl (C=O) groups excluding carboxylic acids is 2. The molecule has 4 aromatic rings. The largest absolute Gasteiger partial charge is 0.344 e. The topological polar surface area (TPSA) is 118 Å². The lowest BCUT2D eigenvalue weighted by molar-refractivity contribution is -0.114. The van der Waals surface area contributed by atoms with Gasteiger partial charge in [0.25, 0.3) is 11.5 Å². The van der Waals surface area contributed by atoms with Crippen LogP contribution in [0.5, 0.6) is 0 Å². The number of aryl methyl sites for hydroxylation is 1. The number of nitrogens with zero attached hydrogens (tertiary/aromatic N) is 2. The summed E-state index contributed by atoms with van der Waals surface area (Å²) in [6.45, 7) is 1.38. The van der Waals surface area contributed by atoms with Crippen molar-refractivity contribution in [3.63, 3.8) is 0 Å². The number of nitrogens with one attached hydrogen (secondary N) is 3. The molecule has 0 atom stereocenters. The van der Waals surface area contributed by atoms with Gasteiger partial charge in [0.05, 0.1) is 16.8 Å². The normalized spacial score (nSPS) is 10.8. The molecule has 0 aliphatic rings. The van der Waals surface area contributed by atoms with E-state index in [1.807, 2.05) is 0 Å². The van der Waals surface area contributed by atoms with Crippen molar-refractivity contribution < 1.29 is 9.59 Å². The molecule has 9 nitrogen and oxygen atoms in total. The first kappa shape index (κ1) is 21.1. The van der Waals surface area contributed by atoms with Gasteiger partial charge >= 0.3 is 5.69 Å². The molecule has 0 aliphatic carbocycles. The van der Waals surface area contributed by atoms with Gasteiger partial charge in [-0.15, -0.1) is 0 Å². The van der Waals surface area contributed by atoms with Gasteiger partial charge in [0.15, 0.2) is 0 Å². The Balaban J connectivity index is 1.76. The zero-order valence-corrected chi connectivity index (χ0v) is 17.9.